The topological polar surface area (TPSA) is 94.4 Å². The number of pyridine rings is 1. The van der Waals surface area contributed by atoms with Gasteiger partial charge in [-0.1, -0.05) is 25.4 Å². The number of rotatable bonds is 7. The Morgan fingerprint density at radius 1 is 1.27 bits per heavy atom. The Morgan fingerprint density at radius 2 is 1.93 bits per heavy atom. The number of benzene rings is 1. The summed E-state index contributed by atoms with van der Waals surface area (Å²) >= 11 is 5.59. The number of non-ortho nitro benzene ring substituents is 1. The lowest BCUT2D eigenvalue weighted by molar-refractivity contribution is -0.384. The maximum Gasteiger partial charge on any atom is 0.416 e. The number of nitrogens with zero attached hydrogens (tertiary/aromatic N) is 2. The summed E-state index contributed by atoms with van der Waals surface area (Å²) < 4.78 is 57.6. The molecule has 0 bridgehead atoms. The molecule has 0 aliphatic heterocycles. The number of halogens is 5. The van der Waals surface area contributed by atoms with Crippen molar-refractivity contribution in [2.24, 2.45) is 5.41 Å². The molecule has 12 heteroatoms. The van der Waals surface area contributed by atoms with Crippen LogP contribution in [0.25, 0.3) is 0 Å². The maximum absolute atomic E-state index is 13.8. The normalized spacial score (nSPS) is 11.8. The predicted molar refractivity (Wildman–Crippen MR) is 98.9 cm³/mol. The molecule has 2 aromatic rings. The zero-order valence-electron chi connectivity index (χ0n) is 15.7. The number of nitrogens with one attached hydrogen (secondary N) is 1. The van der Waals surface area contributed by atoms with Crippen LogP contribution in [0.4, 0.5) is 23.2 Å². The predicted octanol–water partition coefficient (Wildman–Crippen LogP) is 4.64. The molecule has 1 aromatic carbocycles. The van der Waals surface area contributed by atoms with Gasteiger partial charge in [0, 0.05) is 30.2 Å². The molecule has 0 spiro atoms. The number of ether oxygens (including phenoxy) is 1. The highest BCUT2D eigenvalue weighted by Gasteiger charge is 2.32. The van der Waals surface area contributed by atoms with E-state index in [1.54, 1.807) is 13.8 Å². The first-order chi connectivity index (χ1) is 13.8. The fourth-order valence-corrected chi connectivity index (χ4v) is 2.45. The molecule has 0 radical (unpaired) electrons. The van der Waals surface area contributed by atoms with Crippen LogP contribution in [-0.2, 0) is 6.18 Å². The van der Waals surface area contributed by atoms with Crippen LogP contribution in [0, 0.1) is 21.3 Å². The van der Waals surface area contributed by atoms with Crippen molar-refractivity contribution in [2.75, 3.05) is 13.2 Å². The van der Waals surface area contributed by atoms with Crippen LogP contribution < -0.4 is 10.1 Å². The first-order valence-electron chi connectivity index (χ1n) is 8.38. The van der Waals surface area contributed by atoms with Gasteiger partial charge in [0.1, 0.15) is 11.0 Å². The molecule has 1 N–H and O–H groups in total. The molecule has 30 heavy (non-hydrogen) atoms. The SMILES string of the molecule is CC(C)(CNC(=O)c1cc([N+](=O)[O-])ccc1F)COc1cc(C(F)(F)F)cc(Cl)n1. The van der Waals surface area contributed by atoms with E-state index in [2.05, 4.69) is 10.3 Å². The first kappa shape index (κ1) is 23.3. The second kappa shape index (κ2) is 8.82. The molecule has 1 heterocycles. The van der Waals surface area contributed by atoms with E-state index in [9.17, 15) is 32.5 Å². The van der Waals surface area contributed by atoms with Gasteiger partial charge in [-0.25, -0.2) is 9.37 Å². The number of nitro groups is 1. The quantitative estimate of drug-likeness (QED) is 0.288. The van der Waals surface area contributed by atoms with Crippen LogP contribution in [0.15, 0.2) is 30.3 Å². The van der Waals surface area contributed by atoms with Gasteiger partial charge in [0.05, 0.1) is 22.7 Å². The van der Waals surface area contributed by atoms with Crippen molar-refractivity contribution in [2.45, 2.75) is 20.0 Å². The number of aromatic nitrogens is 1. The standard InChI is InChI=1S/C18H16ClF4N3O4/c1-17(2,9-30-15-6-10(18(21,22)23)5-14(19)25-15)8-24-16(27)12-7-11(26(28)29)3-4-13(12)20/h3-7H,8-9H2,1-2H3,(H,24,27). The Morgan fingerprint density at radius 3 is 2.53 bits per heavy atom. The summed E-state index contributed by atoms with van der Waals surface area (Å²) in [4.78, 5) is 25.9. The number of carbonyl (C=O) groups excluding carboxylic acids is 1. The monoisotopic (exact) mass is 449 g/mol. The molecule has 0 unspecified atom stereocenters. The molecule has 0 fully saturated rings. The maximum atomic E-state index is 13.8. The van der Waals surface area contributed by atoms with Crippen molar-refractivity contribution in [3.05, 3.63) is 62.5 Å². The Hall–Kier alpha value is -2.95. The average Bonchev–Trinajstić information content (AvgIpc) is 2.64. The van der Waals surface area contributed by atoms with Crippen molar-refractivity contribution in [1.29, 1.82) is 0 Å². The van der Waals surface area contributed by atoms with Crippen LogP contribution in [0.3, 0.4) is 0 Å². The Labute approximate surface area is 173 Å². The van der Waals surface area contributed by atoms with Gasteiger partial charge in [0.25, 0.3) is 11.6 Å². The van der Waals surface area contributed by atoms with E-state index in [1.165, 1.54) is 0 Å². The average molecular weight is 450 g/mol. The summed E-state index contributed by atoms with van der Waals surface area (Å²) in [6.45, 7) is 3.04. The number of alkyl halides is 3. The van der Waals surface area contributed by atoms with E-state index >= 15 is 0 Å². The summed E-state index contributed by atoms with van der Waals surface area (Å²) in [6, 6.07) is 3.90. The Bertz CT molecular complexity index is 967. The summed E-state index contributed by atoms with van der Waals surface area (Å²) in [6.07, 6.45) is -4.63. The summed E-state index contributed by atoms with van der Waals surface area (Å²) in [7, 11) is 0. The fourth-order valence-electron chi connectivity index (χ4n) is 2.25. The Kier molecular flexibility index (Phi) is 6.86. The summed E-state index contributed by atoms with van der Waals surface area (Å²) in [5.74, 6) is -2.17. The van der Waals surface area contributed by atoms with E-state index in [0.29, 0.717) is 12.1 Å². The largest absolute Gasteiger partial charge is 0.477 e. The molecule has 0 saturated carbocycles. The number of hydrogen-bond donors (Lipinski definition) is 1. The third-order valence-corrected chi connectivity index (χ3v) is 4.04. The van der Waals surface area contributed by atoms with E-state index in [-0.39, 0.29) is 19.0 Å². The minimum absolute atomic E-state index is 0.0688. The van der Waals surface area contributed by atoms with Crippen LogP contribution in [-0.4, -0.2) is 29.0 Å². The summed E-state index contributed by atoms with van der Waals surface area (Å²) in [5, 5.41) is 12.8. The highest BCUT2D eigenvalue weighted by Crippen LogP contribution is 2.33. The van der Waals surface area contributed by atoms with E-state index < -0.39 is 50.2 Å². The van der Waals surface area contributed by atoms with Crippen molar-refractivity contribution in [3.8, 4) is 5.88 Å². The van der Waals surface area contributed by atoms with Gasteiger partial charge in [-0.3, -0.25) is 14.9 Å². The van der Waals surface area contributed by atoms with Gasteiger partial charge < -0.3 is 10.1 Å². The molecule has 0 atom stereocenters. The molecule has 0 aliphatic rings. The first-order valence-corrected chi connectivity index (χ1v) is 8.76. The van der Waals surface area contributed by atoms with Gasteiger partial charge in [0.2, 0.25) is 5.88 Å². The van der Waals surface area contributed by atoms with Crippen LogP contribution >= 0.6 is 11.6 Å². The van der Waals surface area contributed by atoms with Crippen molar-refractivity contribution < 1.29 is 32.0 Å². The lowest BCUT2D eigenvalue weighted by atomic mass is 9.94. The zero-order valence-corrected chi connectivity index (χ0v) is 16.5. The molecule has 1 aromatic heterocycles. The highest BCUT2D eigenvalue weighted by atomic mass is 35.5. The molecule has 162 valence electrons. The molecular weight excluding hydrogens is 434 g/mol. The molecule has 0 aliphatic carbocycles. The minimum atomic E-state index is -4.63. The number of hydrogen-bond acceptors (Lipinski definition) is 5. The van der Waals surface area contributed by atoms with Gasteiger partial charge in [0.15, 0.2) is 0 Å². The van der Waals surface area contributed by atoms with Crippen molar-refractivity contribution in [3.63, 3.8) is 0 Å². The summed E-state index contributed by atoms with van der Waals surface area (Å²) in [5.41, 5.74) is -2.79. The van der Waals surface area contributed by atoms with E-state index in [0.717, 1.165) is 18.2 Å². The molecule has 1 amide bonds. The van der Waals surface area contributed by atoms with Gasteiger partial charge in [-0.2, -0.15) is 13.2 Å². The van der Waals surface area contributed by atoms with Gasteiger partial charge >= 0.3 is 6.18 Å². The smallest absolute Gasteiger partial charge is 0.416 e. The number of amides is 1. The third-order valence-electron chi connectivity index (χ3n) is 3.84. The van der Waals surface area contributed by atoms with E-state index in [4.69, 9.17) is 16.3 Å². The second-order valence-electron chi connectivity index (χ2n) is 7.07. The van der Waals surface area contributed by atoms with Crippen molar-refractivity contribution >= 4 is 23.2 Å². The van der Waals surface area contributed by atoms with Gasteiger partial charge in [-0.15, -0.1) is 0 Å². The lowest BCUT2D eigenvalue weighted by Crippen LogP contribution is -2.38. The molecule has 7 nitrogen and oxygen atoms in total. The lowest BCUT2D eigenvalue weighted by Gasteiger charge is -2.25. The van der Waals surface area contributed by atoms with Crippen LogP contribution in [0.2, 0.25) is 5.15 Å². The molecular formula is C18H16ClF4N3O4. The van der Waals surface area contributed by atoms with Crippen LogP contribution in [0.5, 0.6) is 5.88 Å². The fraction of sp³-hybridized carbons (Fsp3) is 0.333. The second-order valence-corrected chi connectivity index (χ2v) is 7.46. The number of nitro benzene ring substituents is 1. The molecule has 0 saturated heterocycles. The Balaban J connectivity index is 2.03. The number of carbonyl (C=O) groups is 1. The molecule has 2 rings (SSSR count). The van der Waals surface area contributed by atoms with Crippen LogP contribution in [0.1, 0.15) is 29.8 Å². The van der Waals surface area contributed by atoms with E-state index in [1.807, 2.05) is 0 Å². The zero-order chi connectivity index (χ0) is 22.7. The highest BCUT2D eigenvalue weighted by molar-refractivity contribution is 6.29. The third kappa shape index (κ3) is 6.28. The van der Waals surface area contributed by atoms with Gasteiger partial charge in [-0.05, 0) is 12.1 Å². The van der Waals surface area contributed by atoms with Crippen molar-refractivity contribution in [1.82, 2.24) is 10.3 Å². The minimum Gasteiger partial charge on any atom is -0.477 e.